The number of hydrogen-bond donors (Lipinski definition) is 3. The lowest BCUT2D eigenvalue weighted by Gasteiger charge is -2.45. The Morgan fingerprint density at radius 2 is 2.06 bits per heavy atom. The molecule has 0 bridgehead atoms. The molecule has 5 aromatic rings. The molecule has 174 valence electrons. The molecule has 0 radical (unpaired) electrons. The zero-order chi connectivity index (χ0) is 23.3. The third kappa shape index (κ3) is 2.65. The second-order valence-electron chi connectivity index (χ2n) is 8.21. The Morgan fingerprint density at radius 3 is 2.71 bits per heavy atom. The summed E-state index contributed by atoms with van der Waals surface area (Å²) < 4.78 is 17.3. The van der Waals surface area contributed by atoms with Gasteiger partial charge in [0.2, 0.25) is 0 Å². The molecule has 2 aliphatic heterocycles. The van der Waals surface area contributed by atoms with Crippen molar-refractivity contribution >= 4 is 23.6 Å². The van der Waals surface area contributed by atoms with E-state index in [0.29, 0.717) is 11.5 Å². The van der Waals surface area contributed by atoms with E-state index in [1.165, 1.54) is 17.8 Å². The van der Waals surface area contributed by atoms with Gasteiger partial charge >= 0.3 is 0 Å². The summed E-state index contributed by atoms with van der Waals surface area (Å²) >= 11 is 1.38. The Hall–Kier alpha value is -4.29. The highest BCUT2D eigenvalue weighted by Gasteiger charge is 2.70. The molecular formula is C23H19N9O2S. The van der Waals surface area contributed by atoms with E-state index in [0.717, 1.165) is 17.2 Å². The van der Waals surface area contributed by atoms with Crippen LogP contribution in [0.25, 0.3) is 0 Å². The highest BCUT2D eigenvalue weighted by atomic mass is 32.1. The van der Waals surface area contributed by atoms with Crippen LogP contribution in [0, 0.1) is 0 Å². The molecule has 12 heteroatoms. The first kappa shape index (κ1) is 20.1. The van der Waals surface area contributed by atoms with Gasteiger partial charge in [-0.2, -0.15) is 9.47 Å². The minimum absolute atomic E-state index is 0.357. The van der Waals surface area contributed by atoms with Crippen LogP contribution >= 0.6 is 11.5 Å². The normalized spacial score (nSPS) is 27.8. The number of nitrogens with zero attached hydrogens (tertiary/aromatic N) is 6. The van der Waals surface area contributed by atoms with E-state index in [2.05, 4.69) is 41.3 Å². The first-order valence-electron chi connectivity index (χ1n) is 11.0. The zero-order valence-electron chi connectivity index (χ0n) is 18.1. The van der Waals surface area contributed by atoms with Gasteiger partial charge in [-0.15, -0.1) is 0 Å². The lowest BCUT2D eigenvalue weighted by Crippen LogP contribution is -2.58. The monoisotopic (exact) mass is 485 g/mol. The minimum atomic E-state index is -1.33. The van der Waals surface area contributed by atoms with Crippen LogP contribution in [0.1, 0.15) is 29.0 Å². The van der Waals surface area contributed by atoms with Crippen LogP contribution in [0.5, 0.6) is 0 Å². The third-order valence-corrected chi connectivity index (χ3v) is 7.09. The van der Waals surface area contributed by atoms with Crippen molar-refractivity contribution in [2.45, 2.75) is 23.4 Å². The van der Waals surface area contributed by atoms with Gasteiger partial charge in [0.15, 0.2) is 5.82 Å². The van der Waals surface area contributed by atoms with Crippen LogP contribution in [0.2, 0.25) is 0 Å². The highest BCUT2D eigenvalue weighted by molar-refractivity contribution is 7.03. The summed E-state index contributed by atoms with van der Waals surface area (Å²) in [5, 5.41) is 13.7. The van der Waals surface area contributed by atoms with Gasteiger partial charge in [0.05, 0.1) is 11.4 Å². The number of H-pyrrole nitrogens is 3. The maximum Gasteiger partial charge on any atom is 0.250 e. The van der Waals surface area contributed by atoms with Gasteiger partial charge < -0.3 is 24.1 Å². The molecule has 2 aliphatic rings. The highest BCUT2D eigenvalue weighted by Crippen LogP contribution is 2.61. The van der Waals surface area contributed by atoms with E-state index in [1.54, 1.807) is 30.9 Å². The van der Waals surface area contributed by atoms with Crippen molar-refractivity contribution < 1.29 is 9.26 Å². The molecule has 11 nitrogen and oxygen atoms in total. The molecule has 0 amide bonds. The minimum Gasteiger partial charge on any atom is -0.364 e. The van der Waals surface area contributed by atoms with Crippen LogP contribution in [0.3, 0.4) is 0 Å². The summed E-state index contributed by atoms with van der Waals surface area (Å²) in [6, 6.07) is 9.27. The number of aromatic amines is 3. The predicted octanol–water partition coefficient (Wildman–Crippen LogP) is 3.29. The molecule has 35 heavy (non-hydrogen) atoms. The molecule has 7 rings (SSSR count). The number of aromatic nitrogens is 7. The quantitative estimate of drug-likeness (QED) is 0.336. The Bertz CT molecular complexity index is 1400. The average Bonchev–Trinajstić information content (AvgIpc) is 3.71. The first-order chi connectivity index (χ1) is 17.3. The number of rotatable bonds is 6. The van der Waals surface area contributed by atoms with Crippen LogP contribution in [-0.2, 0) is 16.0 Å². The van der Waals surface area contributed by atoms with Gasteiger partial charge in [-0.05, 0) is 41.9 Å². The van der Waals surface area contributed by atoms with Crippen molar-refractivity contribution in [2.75, 3.05) is 4.90 Å². The number of hydrogen-bond acceptors (Lipinski definition) is 9. The molecule has 1 saturated heterocycles. The summed E-state index contributed by atoms with van der Waals surface area (Å²) in [5.41, 5.74) is -0.210. The van der Waals surface area contributed by atoms with E-state index < -0.39 is 17.4 Å². The molecule has 0 aliphatic carbocycles. The number of anilines is 1. The Balaban J connectivity index is 1.63. The van der Waals surface area contributed by atoms with Gasteiger partial charge in [0, 0.05) is 42.4 Å². The lowest BCUT2D eigenvalue weighted by molar-refractivity contribution is -0.0381. The molecular weight excluding hydrogens is 466 g/mol. The molecule has 0 aromatic carbocycles. The van der Waals surface area contributed by atoms with Crippen molar-refractivity contribution in [3.05, 3.63) is 102 Å². The van der Waals surface area contributed by atoms with Gasteiger partial charge in [0.1, 0.15) is 35.5 Å². The SMILES string of the molecule is C1=CC(C2(c3ccsn3)C(c3ccn[nH]3)OC(c3ccon3)(c3ncc[nH]3)N2c2ccc[nH]2)N=C1. The second kappa shape index (κ2) is 7.61. The predicted molar refractivity (Wildman–Crippen MR) is 127 cm³/mol. The van der Waals surface area contributed by atoms with E-state index in [4.69, 9.17) is 18.6 Å². The number of nitrogens with one attached hydrogen (secondary N) is 3. The number of ether oxygens (including phenoxy) is 1. The lowest BCUT2D eigenvalue weighted by atomic mass is 9.78. The summed E-state index contributed by atoms with van der Waals surface area (Å²) in [5.74, 6) is 1.31. The number of imidazole rings is 1. The summed E-state index contributed by atoms with van der Waals surface area (Å²) in [6.07, 6.45) is 13.7. The fourth-order valence-corrected chi connectivity index (χ4v) is 5.81. The fourth-order valence-electron chi connectivity index (χ4n) is 5.24. The zero-order valence-corrected chi connectivity index (χ0v) is 19.0. The number of allylic oxidation sites excluding steroid dienone is 1. The van der Waals surface area contributed by atoms with Crippen molar-refractivity contribution in [3.63, 3.8) is 0 Å². The van der Waals surface area contributed by atoms with E-state index in [1.807, 2.05) is 41.9 Å². The summed E-state index contributed by atoms with van der Waals surface area (Å²) in [7, 11) is 0. The first-order valence-corrected chi connectivity index (χ1v) is 11.8. The van der Waals surface area contributed by atoms with E-state index in [-0.39, 0.29) is 6.04 Å². The molecule has 0 spiro atoms. The Labute approximate surface area is 202 Å². The third-order valence-electron chi connectivity index (χ3n) is 6.53. The van der Waals surface area contributed by atoms with Crippen LogP contribution < -0.4 is 4.90 Å². The number of aliphatic imine (C=N–C) groups is 1. The standard InChI is InChI=1S/C23H19N9O2S/c1-3-16(24-8-1)22(17-7-14-35-31-17)20(15-5-10-28-29-15)34-23(18-6-13-33-30-18,21-26-11-12-27-21)32(22)19-4-2-9-25-19/h1-14,16,20,25H,(H,26,27)(H,28,29). The van der Waals surface area contributed by atoms with Crippen molar-refractivity contribution in [1.29, 1.82) is 0 Å². The van der Waals surface area contributed by atoms with E-state index >= 15 is 0 Å². The van der Waals surface area contributed by atoms with Crippen molar-refractivity contribution in [1.82, 2.24) is 34.7 Å². The summed E-state index contributed by atoms with van der Waals surface area (Å²) in [6.45, 7) is 0. The maximum atomic E-state index is 7.15. The maximum absolute atomic E-state index is 7.15. The van der Waals surface area contributed by atoms with Crippen molar-refractivity contribution in [2.24, 2.45) is 4.99 Å². The second-order valence-corrected chi connectivity index (χ2v) is 8.87. The average molecular weight is 486 g/mol. The largest absolute Gasteiger partial charge is 0.364 e. The van der Waals surface area contributed by atoms with E-state index in [9.17, 15) is 0 Å². The summed E-state index contributed by atoms with van der Waals surface area (Å²) in [4.78, 5) is 18.3. The molecule has 5 aromatic heterocycles. The molecule has 7 heterocycles. The molecule has 4 atom stereocenters. The van der Waals surface area contributed by atoms with Gasteiger partial charge in [-0.25, -0.2) is 4.98 Å². The van der Waals surface area contributed by atoms with Crippen LogP contribution in [0.4, 0.5) is 5.82 Å². The molecule has 1 fully saturated rings. The Kier molecular flexibility index (Phi) is 4.38. The van der Waals surface area contributed by atoms with Gasteiger partial charge in [-0.3, -0.25) is 10.1 Å². The molecule has 0 saturated carbocycles. The van der Waals surface area contributed by atoms with Crippen LogP contribution in [-0.4, -0.2) is 46.9 Å². The smallest absolute Gasteiger partial charge is 0.250 e. The molecule has 3 N–H and O–H groups in total. The van der Waals surface area contributed by atoms with Crippen LogP contribution in [0.15, 0.2) is 88.4 Å². The molecule has 4 unspecified atom stereocenters. The van der Waals surface area contributed by atoms with Gasteiger partial charge in [0.25, 0.3) is 5.72 Å². The Morgan fingerprint density at radius 1 is 1.06 bits per heavy atom. The van der Waals surface area contributed by atoms with Crippen molar-refractivity contribution in [3.8, 4) is 0 Å². The fraction of sp³-hybridized carbons (Fsp3) is 0.174. The van der Waals surface area contributed by atoms with Gasteiger partial charge in [-0.1, -0.05) is 11.2 Å². The topological polar surface area (TPSA) is 137 Å².